The lowest BCUT2D eigenvalue weighted by molar-refractivity contribution is -0.385. The molecule has 0 unspecified atom stereocenters. The zero-order valence-electron chi connectivity index (χ0n) is 11.6. The van der Waals surface area contributed by atoms with Gasteiger partial charge in [-0.05, 0) is 11.6 Å². The molecule has 0 aliphatic carbocycles. The minimum absolute atomic E-state index is 0.00747. The number of benzene rings is 2. The number of nitro benzene ring substituents is 2. The van der Waals surface area contributed by atoms with E-state index in [-0.39, 0.29) is 11.4 Å². The van der Waals surface area contributed by atoms with Crippen molar-refractivity contribution < 1.29 is 9.85 Å². The molecule has 3 rings (SSSR count). The van der Waals surface area contributed by atoms with E-state index in [0.29, 0.717) is 21.9 Å². The topological polar surface area (TPSA) is 115 Å². The zero-order valence-corrected chi connectivity index (χ0v) is 12.4. The molecule has 0 aliphatic heterocycles. The summed E-state index contributed by atoms with van der Waals surface area (Å²) in [6.45, 7) is 0. The summed E-state index contributed by atoms with van der Waals surface area (Å²) in [5, 5.41) is 22.0. The Morgan fingerprint density at radius 2 is 1.65 bits per heavy atom. The molecule has 3 aromatic rings. The Balaban J connectivity index is 1.74. The highest BCUT2D eigenvalue weighted by atomic mass is 32.2. The molecule has 9 heteroatoms. The van der Waals surface area contributed by atoms with E-state index in [0.717, 1.165) is 5.56 Å². The van der Waals surface area contributed by atoms with Gasteiger partial charge < -0.3 is 4.98 Å². The number of fused-ring (bicyclic) bond motifs is 1. The van der Waals surface area contributed by atoms with Gasteiger partial charge in [-0.3, -0.25) is 20.2 Å². The first-order valence-corrected chi connectivity index (χ1v) is 7.52. The van der Waals surface area contributed by atoms with Crippen LogP contribution in [0.25, 0.3) is 11.0 Å². The van der Waals surface area contributed by atoms with E-state index in [2.05, 4.69) is 9.97 Å². The van der Waals surface area contributed by atoms with Crippen LogP contribution in [0.15, 0.2) is 47.6 Å². The Labute approximate surface area is 133 Å². The van der Waals surface area contributed by atoms with E-state index in [1.165, 1.54) is 36.0 Å². The molecule has 0 saturated carbocycles. The van der Waals surface area contributed by atoms with Crippen molar-refractivity contribution in [3.63, 3.8) is 0 Å². The largest absolute Gasteiger partial charge is 0.333 e. The van der Waals surface area contributed by atoms with Gasteiger partial charge in [0, 0.05) is 30.0 Å². The second-order valence-electron chi connectivity index (χ2n) is 4.71. The third kappa shape index (κ3) is 3.29. The number of hydrogen-bond acceptors (Lipinski definition) is 6. The average molecular weight is 330 g/mol. The molecular formula is C14H10N4O4S. The lowest BCUT2D eigenvalue weighted by Crippen LogP contribution is -1.88. The summed E-state index contributed by atoms with van der Waals surface area (Å²) in [5.74, 6) is 0.583. The molecule has 0 atom stereocenters. The molecule has 0 radical (unpaired) electrons. The predicted molar refractivity (Wildman–Crippen MR) is 85.4 cm³/mol. The Bertz CT molecular complexity index is 891. The maximum Gasteiger partial charge on any atom is 0.271 e. The van der Waals surface area contributed by atoms with Crippen LogP contribution in [0.3, 0.4) is 0 Å². The van der Waals surface area contributed by atoms with E-state index >= 15 is 0 Å². The Kier molecular flexibility index (Phi) is 3.94. The van der Waals surface area contributed by atoms with Gasteiger partial charge in [0.1, 0.15) is 0 Å². The van der Waals surface area contributed by atoms with Crippen molar-refractivity contribution in [1.29, 1.82) is 0 Å². The SMILES string of the molecule is O=[N+]([O-])c1ccc(CSc2nc3ccc([N+](=O)[O-])cc3[nH]2)cc1. The van der Waals surface area contributed by atoms with Crippen LogP contribution in [0.2, 0.25) is 0 Å². The highest BCUT2D eigenvalue weighted by Gasteiger charge is 2.10. The van der Waals surface area contributed by atoms with Crippen molar-refractivity contribution in [2.45, 2.75) is 10.9 Å². The molecule has 116 valence electrons. The maximum absolute atomic E-state index is 10.8. The molecule has 1 N–H and O–H groups in total. The first-order valence-electron chi connectivity index (χ1n) is 6.53. The molecule has 0 spiro atoms. The van der Waals surface area contributed by atoms with Crippen molar-refractivity contribution in [1.82, 2.24) is 9.97 Å². The zero-order chi connectivity index (χ0) is 16.4. The van der Waals surface area contributed by atoms with Gasteiger partial charge in [-0.15, -0.1) is 0 Å². The van der Waals surface area contributed by atoms with Gasteiger partial charge in [-0.1, -0.05) is 23.9 Å². The summed E-state index contributed by atoms with van der Waals surface area (Å²) < 4.78 is 0. The van der Waals surface area contributed by atoms with Crippen molar-refractivity contribution in [3.05, 3.63) is 68.3 Å². The van der Waals surface area contributed by atoms with Gasteiger partial charge in [-0.2, -0.15) is 0 Å². The Morgan fingerprint density at radius 3 is 2.30 bits per heavy atom. The number of aromatic amines is 1. The second-order valence-corrected chi connectivity index (χ2v) is 5.68. The third-order valence-corrected chi connectivity index (χ3v) is 4.12. The fourth-order valence-electron chi connectivity index (χ4n) is 2.02. The van der Waals surface area contributed by atoms with E-state index in [1.54, 1.807) is 18.2 Å². The number of non-ortho nitro benzene ring substituents is 2. The van der Waals surface area contributed by atoms with Gasteiger partial charge in [0.2, 0.25) is 0 Å². The molecular weight excluding hydrogens is 320 g/mol. The lowest BCUT2D eigenvalue weighted by atomic mass is 10.2. The summed E-state index contributed by atoms with van der Waals surface area (Å²) >= 11 is 1.42. The number of rotatable bonds is 5. The first kappa shape index (κ1) is 15.0. The number of hydrogen-bond donors (Lipinski definition) is 1. The number of H-pyrrole nitrogens is 1. The molecule has 0 saturated heterocycles. The molecule has 0 aliphatic rings. The summed E-state index contributed by atoms with van der Waals surface area (Å²) in [7, 11) is 0. The van der Waals surface area contributed by atoms with Crippen LogP contribution in [0, 0.1) is 20.2 Å². The van der Waals surface area contributed by atoms with Crippen LogP contribution in [-0.2, 0) is 5.75 Å². The number of nitrogens with one attached hydrogen (secondary N) is 1. The Hall–Kier alpha value is -2.94. The van der Waals surface area contributed by atoms with Crippen LogP contribution in [-0.4, -0.2) is 19.8 Å². The third-order valence-electron chi connectivity index (χ3n) is 3.18. The molecule has 0 amide bonds. The maximum atomic E-state index is 10.8. The quantitative estimate of drug-likeness (QED) is 0.433. The fourth-order valence-corrected chi connectivity index (χ4v) is 2.86. The number of aromatic nitrogens is 2. The molecule has 8 nitrogen and oxygen atoms in total. The van der Waals surface area contributed by atoms with E-state index in [1.807, 2.05) is 0 Å². The number of imidazole rings is 1. The Morgan fingerprint density at radius 1 is 1.00 bits per heavy atom. The molecule has 1 heterocycles. The molecule has 0 bridgehead atoms. The minimum atomic E-state index is -0.454. The minimum Gasteiger partial charge on any atom is -0.333 e. The van der Waals surface area contributed by atoms with Gasteiger partial charge in [0.15, 0.2) is 5.16 Å². The van der Waals surface area contributed by atoms with Crippen molar-refractivity contribution >= 4 is 34.2 Å². The van der Waals surface area contributed by atoms with Crippen LogP contribution in [0.1, 0.15) is 5.56 Å². The normalized spacial score (nSPS) is 10.8. The highest BCUT2D eigenvalue weighted by Crippen LogP contribution is 2.26. The van der Waals surface area contributed by atoms with Gasteiger partial charge >= 0.3 is 0 Å². The first-order chi connectivity index (χ1) is 11.0. The second kappa shape index (κ2) is 6.05. The number of nitro groups is 2. The van der Waals surface area contributed by atoms with Crippen molar-refractivity contribution in [3.8, 4) is 0 Å². The van der Waals surface area contributed by atoms with Crippen LogP contribution < -0.4 is 0 Å². The van der Waals surface area contributed by atoms with E-state index < -0.39 is 9.85 Å². The molecule has 23 heavy (non-hydrogen) atoms. The van der Waals surface area contributed by atoms with Gasteiger partial charge in [0.05, 0.1) is 20.9 Å². The highest BCUT2D eigenvalue weighted by molar-refractivity contribution is 7.98. The monoisotopic (exact) mass is 330 g/mol. The summed E-state index contributed by atoms with van der Waals surface area (Å²) in [6.07, 6.45) is 0. The lowest BCUT2D eigenvalue weighted by Gasteiger charge is -1.98. The van der Waals surface area contributed by atoms with Gasteiger partial charge in [-0.25, -0.2) is 4.98 Å². The summed E-state index contributed by atoms with van der Waals surface area (Å²) in [4.78, 5) is 27.8. The summed E-state index contributed by atoms with van der Waals surface area (Å²) in [6, 6.07) is 10.7. The number of nitrogens with zero attached hydrogens (tertiary/aromatic N) is 3. The van der Waals surface area contributed by atoms with Crippen molar-refractivity contribution in [2.24, 2.45) is 0 Å². The van der Waals surface area contributed by atoms with Gasteiger partial charge in [0.25, 0.3) is 11.4 Å². The van der Waals surface area contributed by atoms with Crippen molar-refractivity contribution in [2.75, 3.05) is 0 Å². The number of thioether (sulfide) groups is 1. The van der Waals surface area contributed by atoms with Crippen LogP contribution >= 0.6 is 11.8 Å². The smallest absolute Gasteiger partial charge is 0.271 e. The predicted octanol–water partition coefficient (Wildman–Crippen LogP) is 3.67. The fraction of sp³-hybridized carbons (Fsp3) is 0.0714. The standard InChI is InChI=1S/C14H10N4O4S/c19-17(20)10-3-1-9(2-4-10)8-23-14-15-12-6-5-11(18(21)22)7-13(12)16-14/h1-7H,8H2,(H,15,16). The van der Waals surface area contributed by atoms with Crippen LogP contribution in [0.4, 0.5) is 11.4 Å². The molecule has 2 aromatic carbocycles. The van der Waals surface area contributed by atoms with Crippen LogP contribution in [0.5, 0.6) is 0 Å². The molecule has 1 aromatic heterocycles. The summed E-state index contributed by atoms with van der Waals surface area (Å²) in [5.41, 5.74) is 2.24. The van der Waals surface area contributed by atoms with E-state index in [4.69, 9.17) is 0 Å². The molecule has 0 fully saturated rings. The van der Waals surface area contributed by atoms with E-state index in [9.17, 15) is 20.2 Å². The average Bonchev–Trinajstić information content (AvgIpc) is 2.95.